The lowest BCUT2D eigenvalue weighted by Crippen LogP contribution is -2.15. The molecule has 0 aliphatic carbocycles. The van der Waals surface area contributed by atoms with Gasteiger partial charge in [0, 0.05) is 19.6 Å². The van der Waals surface area contributed by atoms with Gasteiger partial charge in [-0.1, -0.05) is 0 Å². The van der Waals surface area contributed by atoms with Crippen LogP contribution in [0.1, 0.15) is 19.3 Å². The summed E-state index contributed by atoms with van der Waals surface area (Å²) in [6, 6.07) is 0. The van der Waals surface area contributed by atoms with Crippen molar-refractivity contribution < 1.29 is 9.47 Å². The number of hydrogen-bond acceptors (Lipinski definition) is 3. The zero-order chi connectivity index (χ0) is 8.81. The van der Waals surface area contributed by atoms with Gasteiger partial charge in [-0.25, -0.2) is 0 Å². The Kier molecular flexibility index (Phi) is 4.04. The Morgan fingerprint density at radius 3 is 3.08 bits per heavy atom. The molecule has 1 rings (SSSR count). The van der Waals surface area contributed by atoms with Crippen LogP contribution >= 0.6 is 0 Å². The van der Waals surface area contributed by atoms with Crippen LogP contribution in [0.4, 0.5) is 0 Å². The fourth-order valence-corrected chi connectivity index (χ4v) is 1.16. The van der Waals surface area contributed by atoms with Gasteiger partial charge in [0.2, 0.25) is 0 Å². The molecule has 1 aliphatic heterocycles. The summed E-state index contributed by atoms with van der Waals surface area (Å²) in [5.41, 5.74) is 5.19. The van der Waals surface area contributed by atoms with E-state index in [4.69, 9.17) is 20.6 Å². The first-order valence-electron chi connectivity index (χ1n) is 4.31. The summed E-state index contributed by atoms with van der Waals surface area (Å²) in [4.78, 5) is 0. The van der Waals surface area contributed by atoms with Gasteiger partial charge in [0.25, 0.3) is 0 Å². The molecule has 0 radical (unpaired) electrons. The van der Waals surface area contributed by atoms with E-state index in [0.29, 0.717) is 13.0 Å². The van der Waals surface area contributed by atoms with Crippen LogP contribution in [0.15, 0.2) is 0 Å². The molecular formula is C8H16N2O2. The summed E-state index contributed by atoms with van der Waals surface area (Å²) in [5.74, 6) is 0.237. The first-order valence-corrected chi connectivity index (χ1v) is 4.31. The van der Waals surface area contributed by atoms with E-state index < -0.39 is 0 Å². The van der Waals surface area contributed by atoms with E-state index in [1.807, 2.05) is 0 Å². The number of hydrogen-bond donors (Lipinski definition) is 2. The molecule has 1 aliphatic rings. The Labute approximate surface area is 72.5 Å². The highest BCUT2D eigenvalue weighted by molar-refractivity contribution is 5.76. The smallest absolute Gasteiger partial charge is 0.0906 e. The first-order chi connectivity index (χ1) is 5.79. The Balaban J connectivity index is 1.91. The standard InChI is InChI=1S/C8H16N2O2/c9-8(10)2-1-4-12-7-3-5-11-6-7/h7H,1-6H2,(H3,9,10). The maximum absolute atomic E-state index is 6.98. The van der Waals surface area contributed by atoms with Gasteiger partial charge in [-0.2, -0.15) is 0 Å². The van der Waals surface area contributed by atoms with Crippen molar-refractivity contribution in [3.63, 3.8) is 0 Å². The average Bonchev–Trinajstić information content (AvgIpc) is 2.49. The summed E-state index contributed by atoms with van der Waals surface area (Å²) < 4.78 is 10.6. The third-order valence-electron chi connectivity index (χ3n) is 1.83. The van der Waals surface area contributed by atoms with E-state index in [-0.39, 0.29) is 11.9 Å². The van der Waals surface area contributed by atoms with Crippen molar-refractivity contribution in [3.8, 4) is 0 Å². The molecule has 1 heterocycles. The van der Waals surface area contributed by atoms with Crippen LogP contribution in [-0.2, 0) is 9.47 Å². The quantitative estimate of drug-likeness (QED) is 0.360. The molecule has 4 nitrogen and oxygen atoms in total. The predicted octanol–water partition coefficient (Wildman–Crippen LogP) is 0.508. The minimum absolute atomic E-state index is 0.237. The lowest BCUT2D eigenvalue weighted by molar-refractivity contribution is 0.0422. The van der Waals surface area contributed by atoms with Gasteiger partial charge in [-0.15, -0.1) is 0 Å². The summed E-state index contributed by atoms with van der Waals surface area (Å²) >= 11 is 0. The molecule has 0 spiro atoms. The van der Waals surface area contributed by atoms with E-state index >= 15 is 0 Å². The first kappa shape index (κ1) is 9.48. The van der Waals surface area contributed by atoms with Crippen molar-refractivity contribution in [1.82, 2.24) is 0 Å². The molecule has 1 saturated heterocycles. The molecule has 0 aromatic heterocycles. The second kappa shape index (κ2) is 5.11. The lowest BCUT2D eigenvalue weighted by atomic mass is 10.3. The number of nitrogens with two attached hydrogens (primary N) is 1. The van der Waals surface area contributed by atoms with E-state index in [2.05, 4.69) is 0 Å². The molecule has 0 aromatic carbocycles. The molecule has 1 fully saturated rings. The van der Waals surface area contributed by atoms with E-state index in [0.717, 1.165) is 26.1 Å². The zero-order valence-electron chi connectivity index (χ0n) is 7.21. The summed E-state index contributed by atoms with van der Waals surface area (Å²) in [6.07, 6.45) is 2.75. The van der Waals surface area contributed by atoms with Gasteiger partial charge in [-0.3, -0.25) is 5.41 Å². The molecule has 0 aromatic rings. The minimum atomic E-state index is 0.237. The van der Waals surface area contributed by atoms with Crippen molar-refractivity contribution in [3.05, 3.63) is 0 Å². The third-order valence-corrected chi connectivity index (χ3v) is 1.83. The van der Waals surface area contributed by atoms with Gasteiger partial charge in [0.1, 0.15) is 0 Å². The highest BCUT2D eigenvalue weighted by atomic mass is 16.5. The fraction of sp³-hybridized carbons (Fsp3) is 0.875. The molecular weight excluding hydrogens is 156 g/mol. The molecule has 4 heteroatoms. The van der Waals surface area contributed by atoms with Gasteiger partial charge < -0.3 is 15.2 Å². The highest BCUT2D eigenvalue weighted by Gasteiger charge is 2.15. The predicted molar refractivity (Wildman–Crippen MR) is 46.3 cm³/mol. The number of amidine groups is 1. The van der Waals surface area contributed by atoms with Gasteiger partial charge in [0.05, 0.1) is 18.5 Å². The van der Waals surface area contributed by atoms with Crippen molar-refractivity contribution >= 4 is 5.84 Å². The maximum atomic E-state index is 6.98. The SMILES string of the molecule is N=C(N)CCCOC1CCOC1. The van der Waals surface area contributed by atoms with Gasteiger partial charge >= 0.3 is 0 Å². The van der Waals surface area contributed by atoms with E-state index in [1.165, 1.54) is 0 Å². The highest BCUT2D eigenvalue weighted by Crippen LogP contribution is 2.08. The summed E-state index contributed by atoms with van der Waals surface area (Å²) in [6.45, 7) is 2.23. The van der Waals surface area contributed by atoms with Crippen LogP contribution in [0.3, 0.4) is 0 Å². The molecule has 0 bridgehead atoms. The molecule has 1 atom stereocenters. The summed E-state index contributed by atoms with van der Waals surface area (Å²) in [5, 5.41) is 6.98. The topological polar surface area (TPSA) is 68.3 Å². The number of nitrogens with one attached hydrogen (secondary N) is 1. The Morgan fingerprint density at radius 1 is 1.67 bits per heavy atom. The molecule has 0 saturated carbocycles. The second-order valence-corrected chi connectivity index (χ2v) is 2.99. The monoisotopic (exact) mass is 172 g/mol. The molecule has 1 unspecified atom stereocenters. The third kappa shape index (κ3) is 3.69. The van der Waals surface area contributed by atoms with Crippen LogP contribution in [0.2, 0.25) is 0 Å². The molecule has 12 heavy (non-hydrogen) atoms. The lowest BCUT2D eigenvalue weighted by Gasteiger charge is -2.08. The Hall–Kier alpha value is -0.610. The number of rotatable bonds is 5. The largest absolute Gasteiger partial charge is 0.388 e. The minimum Gasteiger partial charge on any atom is -0.388 e. The van der Waals surface area contributed by atoms with Crippen LogP contribution < -0.4 is 5.73 Å². The van der Waals surface area contributed by atoms with Gasteiger partial charge in [-0.05, 0) is 12.8 Å². The van der Waals surface area contributed by atoms with Crippen LogP contribution in [0, 0.1) is 5.41 Å². The average molecular weight is 172 g/mol. The normalized spacial score (nSPS) is 22.8. The Bertz CT molecular complexity index is 144. The van der Waals surface area contributed by atoms with E-state index in [9.17, 15) is 0 Å². The molecule has 3 N–H and O–H groups in total. The second-order valence-electron chi connectivity index (χ2n) is 2.99. The van der Waals surface area contributed by atoms with Crippen molar-refractivity contribution in [1.29, 1.82) is 5.41 Å². The maximum Gasteiger partial charge on any atom is 0.0906 e. The molecule has 70 valence electrons. The fourth-order valence-electron chi connectivity index (χ4n) is 1.16. The van der Waals surface area contributed by atoms with E-state index in [1.54, 1.807) is 0 Å². The molecule has 0 amide bonds. The van der Waals surface area contributed by atoms with Crippen LogP contribution in [0.5, 0.6) is 0 Å². The van der Waals surface area contributed by atoms with Crippen LogP contribution in [0.25, 0.3) is 0 Å². The Morgan fingerprint density at radius 2 is 2.50 bits per heavy atom. The van der Waals surface area contributed by atoms with Crippen molar-refractivity contribution in [2.24, 2.45) is 5.73 Å². The summed E-state index contributed by atoms with van der Waals surface area (Å²) in [7, 11) is 0. The van der Waals surface area contributed by atoms with Crippen LogP contribution in [-0.4, -0.2) is 31.8 Å². The van der Waals surface area contributed by atoms with Crippen molar-refractivity contribution in [2.75, 3.05) is 19.8 Å². The van der Waals surface area contributed by atoms with Gasteiger partial charge in [0.15, 0.2) is 0 Å². The zero-order valence-corrected chi connectivity index (χ0v) is 7.21. The van der Waals surface area contributed by atoms with Crippen molar-refractivity contribution in [2.45, 2.75) is 25.4 Å². The number of ether oxygens (including phenoxy) is 2.